The molecule has 0 amide bonds. The Hall–Kier alpha value is -1.44. The molecule has 0 aliphatic carbocycles. The molecule has 1 aromatic rings. The minimum atomic E-state index is -0.868. The molecule has 0 N–H and O–H groups in total. The van der Waals surface area contributed by atoms with Crippen LogP contribution in [0.15, 0.2) is 9.59 Å². The summed E-state index contributed by atoms with van der Waals surface area (Å²) in [6.45, 7) is 1.75. The predicted molar refractivity (Wildman–Crippen MR) is 65.7 cm³/mol. The van der Waals surface area contributed by atoms with E-state index >= 15 is 0 Å². The van der Waals surface area contributed by atoms with Gasteiger partial charge in [0.05, 0.1) is 4.92 Å². The fourth-order valence-electron chi connectivity index (χ4n) is 1.54. The molecule has 1 aromatic heterocycles. The second-order valence-corrected chi connectivity index (χ2v) is 4.33. The van der Waals surface area contributed by atoms with Crippen molar-refractivity contribution in [1.82, 2.24) is 9.13 Å². The maximum Gasteiger partial charge on any atom is 0.353 e. The first-order chi connectivity index (χ1) is 7.91. The summed E-state index contributed by atoms with van der Waals surface area (Å²) >= 11 is 3.22. The summed E-state index contributed by atoms with van der Waals surface area (Å²) in [5, 5.41) is 11.5. The normalized spacial score (nSPS) is 10.5. The largest absolute Gasteiger partial charge is 0.353 e. The van der Waals surface area contributed by atoms with Crippen LogP contribution in [-0.4, -0.2) is 19.4 Å². The van der Waals surface area contributed by atoms with E-state index in [1.807, 2.05) is 0 Å². The van der Waals surface area contributed by atoms with Crippen LogP contribution in [0.4, 0.5) is 5.69 Å². The van der Waals surface area contributed by atoms with Crippen molar-refractivity contribution < 1.29 is 4.92 Å². The van der Waals surface area contributed by atoms with Gasteiger partial charge >= 0.3 is 16.9 Å². The smallest absolute Gasteiger partial charge is 0.291 e. The van der Waals surface area contributed by atoms with Gasteiger partial charge in [-0.2, -0.15) is 0 Å². The molecular weight excluding hydrogens is 294 g/mol. The Bertz CT molecular complexity index is 561. The Kier molecular flexibility index (Phi) is 4.22. The van der Waals surface area contributed by atoms with Crippen LogP contribution in [0.2, 0.25) is 0 Å². The van der Waals surface area contributed by atoms with Crippen molar-refractivity contribution in [3.8, 4) is 0 Å². The molecule has 0 aliphatic heterocycles. The first-order valence-electron chi connectivity index (χ1n) is 4.92. The standard InChI is InChI=1S/C9H12BrN3O4/c1-6-7(13(16)17)8(14)11(2)9(15)12(6)5-3-4-10/h3-5H2,1-2H3. The zero-order valence-corrected chi connectivity index (χ0v) is 11.1. The van der Waals surface area contributed by atoms with E-state index < -0.39 is 21.9 Å². The van der Waals surface area contributed by atoms with Crippen molar-refractivity contribution >= 4 is 21.6 Å². The highest BCUT2D eigenvalue weighted by Crippen LogP contribution is 2.09. The van der Waals surface area contributed by atoms with Crippen LogP contribution >= 0.6 is 15.9 Å². The molecule has 0 aliphatic rings. The second-order valence-electron chi connectivity index (χ2n) is 3.53. The van der Waals surface area contributed by atoms with Crippen LogP contribution in [0.1, 0.15) is 12.1 Å². The fourth-order valence-corrected chi connectivity index (χ4v) is 1.80. The topological polar surface area (TPSA) is 87.1 Å². The Balaban J connectivity index is 3.56. The SMILES string of the molecule is Cc1c([N+](=O)[O-])c(=O)n(C)c(=O)n1CCCBr. The van der Waals surface area contributed by atoms with Gasteiger partial charge in [-0.1, -0.05) is 15.9 Å². The third-order valence-corrected chi connectivity index (χ3v) is 3.03. The van der Waals surface area contributed by atoms with Gasteiger partial charge in [0.15, 0.2) is 0 Å². The van der Waals surface area contributed by atoms with E-state index in [0.29, 0.717) is 18.3 Å². The zero-order valence-electron chi connectivity index (χ0n) is 9.47. The molecular formula is C9H12BrN3O4. The maximum absolute atomic E-state index is 11.8. The molecule has 0 radical (unpaired) electrons. The number of rotatable bonds is 4. The van der Waals surface area contributed by atoms with E-state index in [-0.39, 0.29) is 5.69 Å². The quantitative estimate of drug-likeness (QED) is 0.462. The van der Waals surface area contributed by atoms with Gasteiger partial charge < -0.3 is 0 Å². The van der Waals surface area contributed by atoms with Gasteiger partial charge in [-0.15, -0.1) is 0 Å². The van der Waals surface area contributed by atoms with E-state index in [2.05, 4.69) is 15.9 Å². The molecule has 8 heteroatoms. The maximum atomic E-state index is 11.8. The van der Waals surface area contributed by atoms with E-state index in [9.17, 15) is 19.7 Å². The van der Waals surface area contributed by atoms with Crippen LogP contribution in [0.3, 0.4) is 0 Å². The van der Waals surface area contributed by atoms with E-state index in [0.717, 1.165) is 4.57 Å². The van der Waals surface area contributed by atoms with Crippen molar-refractivity contribution in [3.63, 3.8) is 0 Å². The third-order valence-electron chi connectivity index (χ3n) is 2.47. The van der Waals surface area contributed by atoms with Crippen LogP contribution in [0.5, 0.6) is 0 Å². The summed E-state index contributed by atoms with van der Waals surface area (Å²) < 4.78 is 2.01. The van der Waals surface area contributed by atoms with Gasteiger partial charge in [0.1, 0.15) is 5.69 Å². The van der Waals surface area contributed by atoms with Crippen LogP contribution in [0.25, 0.3) is 0 Å². The molecule has 0 spiro atoms. The van der Waals surface area contributed by atoms with Crippen molar-refractivity contribution in [1.29, 1.82) is 0 Å². The highest BCUT2D eigenvalue weighted by Gasteiger charge is 2.23. The third kappa shape index (κ3) is 2.46. The van der Waals surface area contributed by atoms with Gasteiger partial charge in [0.2, 0.25) is 0 Å². The minimum absolute atomic E-state index is 0.101. The summed E-state index contributed by atoms with van der Waals surface area (Å²) in [7, 11) is 1.24. The Morgan fingerprint density at radius 3 is 2.47 bits per heavy atom. The molecule has 94 valence electrons. The molecule has 7 nitrogen and oxygen atoms in total. The summed E-state index contributed by atoms with van der Waals surface area (Å²) in [5.41, 5.74) is -1.84. The first-order valence-corrected chi connectivity index (χ1v) is 6.04. The lowest BCUT2D eigenvalue weighted by atomic mass is 10.3. The molecule has 0 unspecified atom stereocenters. The predicted octanol–water partition coefficient (Wildman–Crippen LogP) is 0.549. The lowest BCUT2D eigenvalue weighted by molar-refractivity contribution is -0.387. The molecule has 1 heterocycles. The summed E-state index contributed by atoms with van der Waals surface area (Å²) in [6.07, 6.45) is 0.649. The second kappa shape index (κ2) is 5.26. The van der Waals surface area contributed by atoms with Crippen molar-refractivity contribution in [2.45, 2.75) is 19.9 Å². The molecule has 0 atom stereocenters. The van der Waals surface area contributed by atoms with Gasteiger partial charge in [-0.25, -0.2) is 4.79 Å². The number of hydrogen-bond donors (Lipinski definition) is 0. The molecule has 1 rings (SSSR count). The lowest BCUT2D eigenvalue weighted by Gasteiger charge is -2.10. The summed E-state index contributed by atoms with van der Waals surface area (Å²) in [4.78, 5) is 33.4. The molecule has 0 bridgehead atoms. The highest BCUT2D eigenvalue weighted by atomic mass is 79.9. The molecule has 0 fully saturated rings. The number of hydrogen-bond acceptors (Lipinski definition) is 4. The van der Waals surface area contributed by atoms with Gasteiger partial charge in [0.25, 0.3) is 0 Å². The number of nitrogens with zero attached hydrogens (tertiary/aromatic N) is 3. The van der Waals surface area contributed by atoms with E-state index in [1.165, 1.54) is 18.5 Å². The van der Waals surface area contributed by atoms with Gasteiger partial charge in [-0.3, -0.25) is 24.0 Å². The van der Waals surface area contributed by atoms with Gasteiger partial charge in [0, 0.05) is 18.9 Å². The van der Waals surface area contributed by atoms with Crippen molar-refractivity contribution in [2.75, 3.05) is 5.33 Å². The Labute approximate surface area is 105 Å². The van der Waals surface area contributed by atoms with Crippen molar-refractivity contribution in [2.24, 2.45) is 7.05 Å². The minimum Gasteiger partial charge on any atom is -0.291 e. The number of alkyl halides is 1. The Morgan fingerprint density at radius 1 is 1.41 bits per heavy atom. The summed E-state index contributed by atoms with van der Waals surface area (Å²) in [5.74, 6) is 0. The monoisotopic (exact) mass is 305 g/mol. The van der Waals surface area contributed by atoms with E-state index in [4.69, 9.17) is 0 Å². The first kappa shape index (κ1) is 13.6. The number of aromatic nitrogens is 2. The summed E-state index contributed by atoms with van der Waals surface area (Å²) in [6, 6.07) is 0. The molecule has 0 saturated carbocycles. The highest BCUT2D eigenvalue weighted by molar-refractivity contribution is 9.09. The van der Waals surface area contributed by atoms with Crippen LogP contribution in [-0.2, 0) is 13.6 Å². The van der Waals surface area contributed by atoms with Crippen LogP contribution in [0, 0.1) is 17.0 Å². The van der Waals surface area contributed by atoms with Gasteiger partial charge in [-0.05, 0) is 13.3 Å². The molecule has 0 aromatic carbocycles. The Morgan fingerprint density at radius 2 is 2.00 bits per heavy atom. The van der Waals surface area contributed by atoms with E-state index in [1.54, 1.807) is 0 Å². The lowest BCUT2D eigenvalue weighted by Crippen LogP contribution is -2.40. The average molecular weight is 306 g/mol. The molecule has 17 heavy (non-hydrogen) atoms. The zero-order chi connectivity index (χ0) is 13.2. The fraction of sp³-hybridized carbons (Fsp3) is 0.556. The average Bonchev–Trinajstić information content (AvgIpc) is 2.26. The number of halogens is 1. The molecule has 0 saturated heterocycles. The van der Waals surface area contributed by atoms with Crippen molar-refractivity contribution in [3.05, 3.63) is 36.6 Å². The van der Waals surface area contributed by atoms with Crippen LogP contribution < -0.4 is 11.2 Å². The number of nitro groups is 1.